The van der Waals surface area contributed by atoms with Crippen molar-refractivity contribution in [2.24, 2.45) is 0 Å². The average Bonchev–Trinajstić information content (AvgIpc) is 2.14. The summed E-state index contributed by atoms with van der Waals surface area (Å²) in [5.74, 6) is 0.0746. The third-order valence-corrected chi connectivity index (χ3v) is 2.38. The van der Waals surface area contributed by atoms with E-state index in [1.54, 1.807) is 31.3 Å². The van der Waals surface area contributed by atoms with Crippen molar-refractivity contribution >= 4 is 21.0 Å². The number of aromatic nitrogens is 2. The van der Waals surface area contributed by atoms with Gasteiger partial charge < -0.3 is 4.18 Å². The maximum atomic E-state index is 11.1. The molecule has 0 aliphatic rings. The molecule has 0 saturated heterocycles. The summed E-state index contributed by atoms with van der Waals surface area (Å²) in [6, 6.07) is 5.19. The average molecular weight is 238 g/mol. The fourth-order valence-electron chi connectivity index (χ4n) is 1.37. The van der Waals surface area contributed by atoms with Gasteiger partial charge in [0, 0.05) is 11.9 Å². The molecule has 0 fully saturated rings. The fraction of sp³-hybridized carbons (Fsp3) is 0.200. The first-order valence-electron chi connectivity index (χ1n) is 4.57. The van der Waals surface area contributed by atoms with Crippen LogP contribution >= 0.6 is 0 Å². The van der Waals surface area contributed by atoms with Crippen molar-refractivity contribution in [1.29, 1.82) is 0 Å². The monoisotopic (exact) mass is 238 g/mol. The quantitative estimate of drug-likeness (QED) is 0.737. The Morgan fingerprint density at radius 2 is 2.12 bits per heavy atom. The molecule has 0 N–H and O–H groups in total. The number of hydrogen-bond acceptors (Lipinski definition) is 5. The summed E-state index contributed by atoms with van der Waals surface area (Å²) < 4.78 is 27.0. The van der Waals surface area contributed by atoms with Gasteiger partial charge in [-0.25, -0.2) is 4.98 Å². The van der Waals surface area contributed by atoms with Crippen LogP contribution in [-0.2, 0) is 10.1 Å². The highest BCUT2D eigenvalue weighted by Gasteiger charge is 2.11. The SMILES string of the molecule is Cc1cc2ncccc2c(OS(C)(=O)=O)n1. The summed E-state index contributed by atoms with van der Waals surface area (Å²) in [5.41, 5.74) is 1.32. The highest BCUT2D eigenvalue weighted by Crippen LogP contribution is 2.23. The molecule has 0 bridgehead atoms. The normalized spacial score (nSPS) is 11.6. The molecular weight excluding hydrogens is 228 g/mol. The standard InChI is InChI=1S/C10H10N2O3S/c1-7-6-9-8(4-3-5-11-9)10(12-7)15-16(2,13)14/h3-6H,1-2H3. The third kappa shape index (κ3) is 2.27. The van der Waals surface area contributed by atoms with Gasteiger partial charge >= 0.3 is 10.1 Å². The topological polar surface area (TPSA) is 69.2 Å². The molecule has 84 valence electrons. The molecule has 0 spiro atoms. The molecule has 2 rings (SSSR count). The Labute approximate surface area is 93.2 Å². The van der Waals surface area contributed by atoms with Crippen molar-refractivity contribution in [2.45, 2.75) is 6.92 Å². The van der Waals surface area contributed by atoms with Crippen molar-refractivity contribution in [1.82, 2.24) is 9.97 Å². The van der Waals surface area contributed by atoms with Crippen molar-refractivity contribution < 1.29 is 12.6 Å². The lowest BCUT2D eigenvalue weighted by atomic mass is 10.2. The van der Waals surface area contributed by atoms with E-state index in [1.807, 2.05) is 0 Å². The smallest absolute Gasteiger partial charge is 0.307 e. The second-order valence-corrected chi connectivity index (χ2v) is 5.00. The Morgan fingerprint density at radius 3 is 2.81 bits per heavy atom. The zero-order chi connectivity index (χ0) is 11.8. The van der Waals surface area contributed by atoms with Gasteiger partial charge in [-0.3, -0.25) is 4.98 Å². The maximum absolute atomic E-state index is 11.1. The largest absolute Gasteiger partial charge is 0.361 e. The lowest BCUT2D eigenvalue weighted by Crippen LogP contribution is -2.08. The van der Waals surface area contributed by atoms with Crippen molar-refractivity contribution in [3.63, 3.8) is 0 Å². The Hall–Kier alpha value is -1.69. The molecule has 2 heterocycles. The zero-order valence-corrected chi connectivity index (χ0v) is 9.65. The minimum Gasteiger partial charge on any atom is -0.361 e. The Bertz CT molecular complexity index is 638. The van der Waals surface area contributed by atoms with Crippen LogP contribution in [-0.4, -0.2) is 24.6 Å². The summed E-state index contributed by atoms with van der Waals surface area (Å²) in [6.45, 7) is 1.75. The molecular formula is C10H10N2O3S. The molecule has 6 heteroatoms. The summed E-state index contributed by atoms with van der Waals surface area (Å²) in [7, 11) is -3.58. The van der Waals surface area contributed by atoms with E-state index in [2.05, 4.69) is 9.97 Å². The van der Waals surface area contributed by atoms with E-state index >= 15 is 0 Å². The molecule has 0 aromatic carbocycles. The van der Waals surface area contributed by atoms with Crippen LogP contribution in [0.5, 0.6) is 5.88 Å². The van der Waals surface area contributed by atoms with Crippen LogP contribution in [0.3, 0.4) is 0 Å². The first-order valence-corrected chi connectivity index (χ1v) is 6.39. The fourth-order valence-corrected chi connectivity index (χ4v) is 1.78. The van der Waals surface area contributed by atoms with Crippen molar-refractivity contribution in [3.05, 3.63) is 30.1 Å². The van der Waals surface area contributed by atoms with E-state index in [9.17, 15) is 8.42 Å². The van der Waals surface area contributed by atoms with Crippen LogP contribution < -0.4 is 4.18 Å². The molecule has 0 radical (unpaired) electrons. The van der Waals surface area contributed by atoms with Gasteiger partial charge in [0.15, 0.2) is 0 Å². The van der Waals surface area contributed by atoms with Gasteiger partial charge in [0.1, 0.15) is 0 Å². The molecule has 0 aliphatic carbocycles. The molecule has 0 unspecified atom stereocenters. The predicted molar refractivity (Wildman–Crippen MR) is 59.7 cm³/mol. The van der Waals surface area contributed by atoms with E-state index in [-0.39, 0.29) is 5.88 Å². The number of rotatable bonds is 2. The van der Waals surface area contributed by atoms with Gasteiger partial charge in [-0.05, 0) is 25.1 Å². The van der Waals surface area contributed by atoms with E-state index in [0.717, 1.165) is 6.26 Å². The number of nitrogens with zero attached hydrogens (tertiary/aromatic N) is 2. The summed E-state index contributed by atoms with van der Waals surface area (Å²) in [5, 5.41) is 0.582. The second kappa shape index (κ2) is 3.71. The molecule has 0 aliphatic heterocycles. The molecule has 2 aromatic rings. The third-order valence-electron chi connectivity index (χ3n) is 1.92. The van der Waals surface area contributed by atoms with E-state index in [0.29, 0.717) is 16.6 Å². The van der Waals surface area contributed by atoms with Crippen LogP contribution in [0.25, 0.3) is 10.9 Å². The van der Waals surface area contributed by atoms with Gasteiger partial charge in [-0.1, -0.05) is 0 Å². The Balaban J connectivity index is 2.68. The highest BCUT2D eigenvalue weighted by atomic mass is 32.2. The number of pyridine rings is 2. The molecule has 5 nitrogen and oxygen atoms in total. The number of hydrogen-bond donors (Lipinski definition) is 0. The van der Waals surface area contributed by atoms with Crippen LogP contribution in [0.2, 0.25) is 0 Å². The summed E-state index contributed by atoms with van der Waals surface area (Å²) in [4.78, 5) is 8.16. The van der Waals surface area contributed by atoms with Gasteiger partial charge in [-0.15, -0.1) is 0 Å². The van der Waals surface area contributed by atoms with E-state index in [4.69, 9.17) is 4.18 Å². The summed E-state index contributed by atoms with van der Waals surface area (Å²) in [6.07, 6.45) is 2.62. The maximum Gasteiger partial charge on any atom is 0.307 e. The minimum absolute atomic E-state index is 0.0746. The predicted octanol–water partition coefficient (Wildman–Crippen LogP) is 1.28. The minimum atomic E-state index is -3.58. The molecule has 0 saturated carbocycles. The van der Waals surface area contributed by atoms with Crippen molar-refractivity contribution in [2.75, 3.05) is 6.26 Å². The molecule has 16 heavy (non-hydrogen) atoms. The Kier molecular flexibility index (Phi) is 2.51. The van der Waals surface area contributed by atoms with Crippen LogP contribution in [0.15, 0.2) is 24.4 Å². The highest BCUT2D eigenvalue weighted by molar-refractivity contribution is 7.86. The van der Waals surface area contributed by atoms with Gasteiger partial charge in [0.2, 0.25) is 5.88 Å². The first kappa shape index (κ1) is 10.8. The lowest BCUT2D eigenvalue weighted by molar-refractivity contribution is 0.485. The second-order valence-electron chi connectivity index (χ2n) is 3.43. The van der Waals surface area contributed by atoms with Gasteiger partial charge in [0.25, 0.3) is 0 Å². The number of aryl methyl sites for hydroxylation is 1. The van der Waals surface area contributed by atoms with Gasteiger partial charge in [0.05, 0.1) is 17.2 Å². The van der Waals surface area contributed by atoms with E-state index < -0.39 is 10.1 Å². The van der Waals surface area contributed by atoms with Crippen molar-refractivity contribution in [3.8, 4) is 5.88 Å². The van der Waals surface area contributed by atoms with Gasteiger partial charge in [-0.2, -0.15) is 8.42 Å². The van der Waals surface area contributed by atoms with Crippen LogP contribution in [0, 0.1) is 6.92 Å². The lowest BCUT2D eigenvalue weighted by Gasteiger charge is -2.06. The molecule has 2 aromatic heterocycles. The van der Waals surface area contributed by atoms with Crippen LogP contribution in [0.4, 0.5) is 0 Å². The zero-order valence-electron chi connectivity index (χ0n) is 8.84. The van der Waals surface area contributed by atoms with E-state index in [1.165, 1.54) is 0 Å². The first-order chi connectivity index (χ1) is 7.46. The molecule has 0 atom stereocenters. The summed E-state index contributed by atoms with van der Waals surface area (Å²) >= 11 is 0. The van der Waals surface area contributed by atoms with Crippen LogP contribution in [0.1, 0.15) is 5.69 Å². The Morgan fingerprint density at radius 1 is 1.38 bits per heavy atom. The number of fused-ring (bicyclic) bond motifs is 1. The molecule has 0 amide bonds.